The van der Waals surface area contributed by atoms with Crippen molar-refractivity contribution in [3.63, 3.8) is 0 Å². The molecular formula is C17H21N3O4S. The number of anilines is 2. The van der Waals surface area contributed by atoms with Crippen LogP contribution in [0.4, 0.5) is 11.5 Å². The van der Waals surface area contributed by atoms with Crippen molar-refractivity contribution in [2.24, 2.45) is 0 Å². The normalized spacial score (nSPS) is 14.4. The number of pyridine rings is 1. The molecule has 2 heterocycles. The van der Waals surface area contributed by atoms with Crippen LogP contribution in [0.2, 0.25) is 0 Å². The van der Waals surface area contributed by atoms with Crippen LogP contribution in [0.3, 0.4) is 0 Å². The average Bonchev–Trinajstić information content (AvgIpc) is 3.16. The monoisotopic (exact) mass is 363 g/mol. The molecule has 1 aliphatic heterocycles. The maximum atomic E-state index is 12.6. The van der Waals surface area contributed by atoms with E-state index in [0.29, 0.717) is 5.75 Å². The largest absolute Gasteiger partial charge is 0.497 e. The fourth-order valence-electron chi connectivity index (χ4n) is 2.80. The second-order valence-corrected chi connectivity index (χ2v) is 7.37. The van der Waals surface area contributed by atoms with Gasteiger partial charge in [0.2, 0.25) is 0 Å². The minimum atomic E-state index is -3.82. The summed E-state index contributed by atoms with van der Waals surface area (Å²) in [7, 11) is -0.899. The third-order valence-corrected chi connectivity index (χ3v) is 5.51. The first-order valence-electron chi connectivity index (χ1n) is 7.99. The molecule has 2 aromatic rings. The van der Waals surface area contributed by atoms with E-state index < -0.39 is 10.0 Å². The lowest BCUT2D eigenvalue weighted by Gasteiger charge is -2.17. The lowest BCUT2D eigenvalue weighted by molar-refractivity contribution is 0.386. The number of hydrogen-bond acceptors (Lipinski definition) is 6. The van der Waals surface area contributed by atoms with Gasteiger partial charge in [-0.25, -0.2) is 13.4 Å². The van der Waals surface area contributed by atoms with Crippen LogP contribution in [0.5, 0.6) is 11.5 Å². The standard InChI is InChI=1S/C17H21N3O4S/c1-23-14-6-7-16(15(11-14)24-2)25(21,22)19-17-8-5-13(12-18-17)20-9-3-4-10-20/h5-8,11-12H,3-4,9-10H2,1-2H3,(H,18,19). The number of hydrogen-bond donors (Lipinski definition) is 1. The van der Waals surface area contributed by atoms with Gasteiger partial charge in [-0.3, -0.25) is 4.72 Å². The third kappa shape index (κ3) is 3.79. The van der Waals surface area contributed by atoms with E-state index in [1.54, 1.807) is 18.3 Å². The zero-order valence-corrected chi connectivity index (χ0v) is 15.0. The summed E-state index contributed by atoms with van der Waals surface area (Å²) >= 11 is 0. The number of rotatable bonds is 6. The molecule has 7 nitrogen and oxygen atoms in total. The third-order valence-electron chi connectivity index (χ3n) is 4.12. The predicted octanol–water partition coefficient (Wildman–Crippen LogP) is 2.50. The SMILES string of the molecule is COc1ccc(S(=O)(=O)Nc2ccc(N3CCCC3)cn2)c(OC)c1. The first-order chi connectivity index (χ1) is 12.0. The Labute approximate surface area is 147 Å². The molecule has 0 saturated carbocycles. The minimum Gasteiger partial charge on any atom is -0.497 e. The topological polar surface area (TPSA) is 80.8 Å². The summed E-state index contributed by atoms with van der Waals surface area (Å²) in [6.07, 6.45) is 4.03. The van der Waals surface area contributed by atoms with Crippen molar-refractivity contribution >= 4 is 21.5 Å². The van der Waals surface area contributed by atoms with Gasteiger partial charge in [0, 0.05) is 19.2 Å². The van der Waals surface area contributed by atoms with E-state index in [4.69, 9.17) is 9.47 Å². The minimum absolute atomic E-state index is 0.0289. The van der Waals surface area contributed by atoms with Gasteiger partial charge < -0.3 is 14.4 Å². The van der Waals surface area contributed by atoms with Crippen molar-refractivity contribution < 1.29 is 17.9 Å². The van der Waals surface area contributed by atoms with Crippen molar-refractivity contribution in [1.29, 1.82) is 0 Å². The summed E-state index contributed by atoms with van der Waals surface area (Å²) in [5, 5.41) is 0. The molecule has 1 aromatic heterocycles. The van der Waals surface area contributed by atoms with E-state index >= 15 is 0 Å². The molecule has 1 fully saturated rings. The predicted molar refractivity (Wildman–Crippen MR) is 96.0 cm³/mol. The van der Waals surface area contributed by atoms with Crippen molar-refractivity contribution in [1.82, 2.24) is 4.98 Å². The molecule has 0 unspecified atom stereocenters. The van der Waals surface area contributed by atoms with Crippen LogP contribution >= 0.6 is 0 Å². The van der Waals surface area contributed by atoms with Crippen LogP contribution in [0.15, 0.2) is 41.4 Å². The van der Waals surface area contributed by atoms with Gasteiger partial charge in [-0.1, -0.05) is 0 Å². The van der Waals surface area contributed by atoms with Crippen molar-refractivity contribution in [3.8, 4) is 11.5 Å². The highest BCUT2D eigenvalue weighted by Crippen LogP contribution is 2.29. The Morgan fingerprint density at radius 1 is 1.08 bits per heavy atom. The van der Waals surface area contributed by atoms with Gasteiger partial charge in [0.15, 0.2) is 0 Å². The Balaban J connectivity index is 1.81. The maximum absolute atomic E-state index is 12.6. The van der Waals surface area contributed by atoms with E-state index in [0.717, 1.165) is 18.8 Å². The fourth-order valence-corrected chi connectivity index (χ4v) is 3.96. The van der Waals surface area contributed by atoms with Crippen LogP contribution in [-0.2, 0) is 10.0 Å². The van der Waals surface area contributed by atoms with Crippen molar-refractivity contribution in [3.05, 3.63) is 36.5 Å². The lowest BCUT2D eigenvalue weighted by atomic mass is 10.3. The quantitative estimate of drug-likeness (QED) is 0.849. The number of methoxy groups -OCH3 is 2. The van der Waals surface area contributed by atoms with Gasteiger partial charge in [0.25, 0.3) is 10.0 Å². The highest BCUT2D eigenvalue weighted by atomic mass is 32.2. The molecule has 0 radical (unpaired) electrons. The molecule has 1 aliphatic rings. The Hall–Kier alpha value is -2.48. The van der Waals surface area contributed by atoms with Gasteiger partial charge in [0.05, 0.1) is 26.1 Å². The molecule has 0 bridgehead atoms. The van der Waals surface area contributed by atoms with Crippen LogP contribution < -0.4 is 19.1 Å². The fraction of sp³-hybridized carbons (Fsp3) is 0.353. The van der Waals surface area contributed by atoms with E-state index in [2.05, 4.69) is 14.6 Å². The van der Waals surface area contributed by atoms with Gasteiger partial charge in [0.1, 0.15) is 22.2 Å². The Morgan fingerprint density at radius 2 is 1.84 bits per heavy atom. The summed E-state index contributed by atoms with van der Waals surface area (Å²) in [6, 6.07) is 8.08. The summed E-state index contributed by atoms with van der Waals surface area (Å²) in [5.41, 5.74) is 1.00. The molecule has 8 heteroatoms. The van der Waals surface area contributed by atoms with Crippen LogP contribution in [-0.4, -0.2) is 40.7 Å². The molecule has 0 aliphatic carbocycles. The average molecular weight is 363 g/mol. The second kappa shape index (κ2) is 7.18. The molecule has 0 spiro atoms. The number of aromatic nitrogens is 1. The summed E-state index contributed by atoms with van der Waals surface area (Å²) < 4.78 is 38.0. The Kier molecular flexibility index (Phi) is 4.98. The first kappa shape index (κ1) is 17.3. The van der Waals surface area contributed by atoms with Gasteiger partial charge >= 0.3 is 0 Å². The molecule has 1 aromatic carbocycles. The zero-order valence-electron chi connectivity index (χ0n) is 14.2. The number of sulfonamides is 1. The number of nitrogens with one attached hydrogen (secondary N) is 1. The maximum Gasteiger partial charge on any atom is 0.266 e. The molecule has 0 amide bonds. The second-order valence-electron chi connectivity index (χ2n) is 5.72. The number of ether oxygens (including phenoxy) is 2. The molecule has 3 rings (SSSR count). The van der Waals surface area contributed by atoms with E-state index in [-0.39, 0.29) is 16.5 Å². The Morgan fingerprint density at radius 3 is 2.44 bits per heavy atom. The van der Waals surface area contributed by atoms with E-state index in [1.807, 2.05) is 6.07 Å². The van der Waals surface area contributed by atoms with Crippen molar-refractivity contribution in [2.45, 2.75) is 17.7 Å². The molecular weight excluding hydrogens is 342 g/mol. The van der Waals surface area contributed by atoms with Crippen LogP contribution in [0, 0.1) is 0 Å². The highest BCUT2D eigenvalue weighted by molar-refractivity contribution is 7.92. The molecule has 1 saturated heterocycles. The van der Waals surface area contributed by atoms with E-state index in [1.165, 1.54) is 39.2 Å². The summed E-state index contributed by atoms with van der Waals surface area (Å²) in [5.74, 6) is 0.991. The lowest BCUT2D eigenvalue weighted by Crippen LogP contribution is -2.18. The molecule has 25 heavy (non-hydrogen) atoms. The zero-order chi connectivity index (χ0) is 17.9. The van der Waals surface area contributed by atoms with Crippen LogP contribution in [0.25, 0.3) is 0 Å². The van der Waals surface area contributed by atoms with Gasteiger partial charge in [-0.05, 0) is 37.1 Å². The molecule has 134 valence electrons. The number of nitrogens with zero attached hydrogens (tertiary/aromatic N) is 2. The molecule has 1 N–H and O–H groups in total. The van der Waals surface area contributed by atoms with E-state index in [9.17, 15) is 8.42 Å². The molecule has 0 atom stereocenters. The van der Waals surface area contributed by atoms with Crippen LogP contribution in [0.1, 0.15) is 12.8 Å². The van der Waals surface area contributed by atoms with Crippen molar-refractivity contribution in [2.75, 3.05) is 36.9 Å². The summed E-state index contributed by atoms with van der Waals surface area (Å²) in [6.45, 7) is 2.02. The number of benzene rings is 1. The highest BCUT2D eigenvalue weighted by Gasteiger charge is 2.21. The summed E-state index contributed by atoms with van der Waals surface area (Å²) in [4.78, 5) is 6.49. The van der Waals surface area contributed by atoms with Gasteiger partial charge in [-0.15, -0.1) is 0 Å². The van der Waals surface area contributed by atoms with Gasteiger partial charge in [-0.2, -0.15) is 0 Å². The first-order valence-corrected chi connectivity index (χ1v) is 9.47. The smallest absolute Gasteiger partial charge is 0.266 e. The Bertz CT molecular complexity index is 831.